The Morgan fingerprint density at radius 2 is 1.82 bits per heavy atom. The van der Waals surface area contributed by atoms with Crippen molar-refractivity contribution in [3.63, 3.8) is 0 Å². The highest BCUT2D eigenvalue weighted by atomic mass is 19.1. The van der Waals surface area contributed by atoms with Gasteiger partial charge in [-0.15, -0.1) is 0 Å². The fourth-order valence-corrected chi connectivity index (χ4v) is 4.65. The van der Waals surface area contributed by atoms with Crippen molar-refractivity contribution in [2.45, 2.75) is 33.4 Å². The molecule has 0 bridgehead atoms. The number of aromatic nitrogens is 7. The number of hydrogen-bond acceptors (Lipinski definition) is 7. The predicted octanol–water partition coefficient (Wildman–Crippen LogP) is 5.93. The van der Waals surface area contributed by atoms with Crippen LogP contribution in [0.15, 0.2) is 67.3 Å². The average Bonchev–Trinajstić information content (AvgIpc) is 3.51. The van der Waals surface area contributed by atoms with Crippen LogP contribution in [-0.4, -0.2) is 46.5 Å². The first-order valence-corrected chi connectivity index (χ1v) is 12.6. The molecule has 0 aliphatic rings. The van der Waals surface area contributed by atoms with Gasteiger partial charge in [0.05, 0.1) is 17.3 Å². The molecule has 0 saturated heterocycles. The maximum atomic E-state index is 13.9. The number of halogens is 1. The van der Waals surface area contributed by atoms with E-state index in [2.05, 4.69) is 56.2 Å². The van der Waals surface area contributed by atoms with Crippen molar-refractivity contribution in [3.8, 4) is 33.8 Å². The van der Waals surface area contributed by atoms with Crippen LogP contribution < -0.4 is 5.32 Å². The van der Waals surface area contributed by atoms with E-state index in [0.717, 1.165) is 22.1 Å². The van der Waals surface area contributed by atoms with Gasteiger partial charge in [0.25, 0.3) is 0 Å². The van der Waals surface area contributed by atoms with Gasteiger partial charge in [-0.25, -0.2) is 19.3 Å². The number of aliphatic hydroxyl groups excluding tert-OH is 1. The molecule has 0 amide bonds. The summed E-state index contributed by atoms with van der Waals surface area (Å²) >= 11 is 0. The van der Waals surface area contributed by atoms with Gasteiger partial charge in [-0.1, -0.05) is 32.9 Å². The number of pyridine rings is 3. The lowest BCUT2D eigenvalue weighted by Gasteiger charge is -2.23. The van der Waals surface area contributed by atoms with Crippen LogP contribution in [0.3, 0.4) is 0 Å². The van der Waals surface area contributed by atoms with E-state index in [0.29, 0.717) is 46.0 Å². The Balaban J connectivity index is 1.36. The van der Waals surface area contributed by atoms with Gasteiger partial charge in [0.2, 0.25) is 0 Å². The molecule has 1 atom stereocenters. The molecule has 9 nitrogen and oxygen atoms in total. The van der Waals surface area contributed by atoms with Crippen LogP contribution in [0.25, 0.3) is 56.0 Å². The lowest BCUT2D eigenvalue weighted by molar-refractivity contribution is 0.145. The van der Waals surface area contributed by atoms with E-state index in [-0.39, 0.29) is 11.2 Å². The van der Waals surface area contributed by atoms with E-state index in [1.54, 1.807) is 30.9 Å². The van der Waals surface area contributed by atoms with Crippen molar-refractivity contribution < 1.29 is 9.50 Å². The third kappa shape index (κ3) is 5.06. The number of aliphatic hydroxyl groups is 1. The van der Waals surface area contributed by atoms with Crippen LogP contribution in [0.1, 0.15) is 27.2 Å². The molecule has 6 rings (SSSR count). The zero-order chi connectivity index (χ0) is 27.1. The first kappa shape index (κ1) is 24.6. The van der Waals surface area contributed by atoms with Gasteiger partial charge in [0, 0.05) is 35.3 Å². The average molecular weight is 523 g/mol. The van der Waals surface area contributed by atoms with E-state index >= 15 is 0 Å². The van der Waals surface area contributed by atoms with Crippen molar-refractivity contribution in [2.75, 3.05) is 5.32 Å². The summed E-state index contributed by atoms with van der Waals surface area (Å²) in [6.45, 7) is 6.24. The molecule has 0 fully saturated rings. The lowest BCUT2D eigenvalue weighted by atomic mass is 9.91. The third-order valence-corrected chi connectivity index (χ3v) is 6.37. The summed E-state index contributed by atoms with van der Waals surface area (Å²) in [7, 11) is 0. The highest BCUT2D eigenvalue weighted by Gasteiger charge is 2.19. The van der Waals surface area contributed by atoms with Gasteiger partial charge in [-0.3, -0.25) is 10.1 Å². The van der Waals surface area contributed by atoms with Crippen molar-refractivity contribution in [3.05, 3.63) is 73.1 Å². The third-order valence-electron chi connectivity index (χ3n) is 6.37. The van der Waals surface area contributed by atoms with Crippen molar-refractivity contribution in [1.29, 1.82) is 0 Å². The van der Waals surface area contributed by atoms with Crippen molar-refractivity contribution >= 4 is 27.9 Å². The van der Waals surface area contributed by atoms with E-state index in [4.69, 9.17) is 4.98 Å². The smallest absolute Gasteiger partial charge is 0.161 e. The minimum absolute atomic E-state index is 0.0195. The normalized spacial score (nSPS) is 12.7. The summed E-state index contributed by atoms with van der Waals surface area (Å²) in [5.41, 5.74) is 6.23. The van der Waals surface area contributed by atoms with Gasteiger partial charge < -0.3 is 15.4 Å². The Labute approximate surface area is 223 Å². The van der Waals surface area contributed by atoms with E-state index < -0.39 is 6.23 Å². The molecule has 5 heterocycles. The number of benzene rings is 1. The molecular formula is C29H27FN8O. The standard InChI is InChI=1S/C29H27FN8O/c1-29(2,3)12-23(39)34-20-10-17(13-31-15-20)18-11-22-25(37-38-26(22)33-14-18)28-35-24-21(7-8-32-27(24)36-28)16-5-4-6-19(30)9-16/h4-11,13-15,23,34,39H,12H2,1-3H3,(H,32,35,36)(H,33,37,38). The Hall–Kier alpha value is -4.70. The maximum Gasteiger partial charge on any atom is 0.161 e. The number of rotatable bonds is 6. The summed E-state index contributed by atoms with van der Waals surface area (Å²) in [4.78, 5) is 21.4. The number of aromatic amines is 2. The summed E-state index contributed by atoms with van der Waals surface area (Å²) in [5.74, 6) is 0.202. The predicted molar refractivity (Wildman–Crippen MR) is 149 cm³/mol. The molecule has 0 saturated carbocycles. The quantitative estimate of drug-likeness (QED) is 0.200. The summed E-state index contributed by atoms with van der Waals surface area (Å²) in [6, 6.07) is 12.1. The number of H-pyrrole nitrogens is 2. The highest BCUT2D eigenvalue weighted by molar-refractivity contribution is 5.96. The molecule has 5 aromatic heterocycles. The molecule has 0 radical (unpaired) electrons. The number of hydrogen-bond donors (Lipinski definition) is 4. The second-order valence-electron chi connectivity index (χ2n) is 10.7. The SMILES string of the molecule is CC(C)(C)CC(O)Nc1cncc(-c2cnc3[nH]nc(-c4nc5c(-c6cccc(F)c6)ccnc5[nH]4)c3c2)c1. The summed E-state index contributed by atoms with van der Waals surface area (Å²) in [6.07, 6.45) is 6.75. The molecular weight excluding hydrogens is 495 g/mol. The van der Waals surface area contributed by atoms with Crippen LogP contribution in [0, 0.1) is 11.2 Å². The molecule has 0 aliphatic heterocycles. The van der Waals surface area contributed by atoms with Crippen LogP contribution in [0.5, 0.6) is 0 Å². The molecule has 1 aromatic carbocycles. The van der Waals surface area contributed by atoms with Crippen molar-refractivity contribution in [2.24, 2.45) is 5.41 Å². The van der Waals surface area contributed by atoms with Gasteiger partial charge in [0.15, 0.2) is 17.1 Å². The largest absolute Gasteiger partial charge is 0.374 e. The fourth-order valence-electron chi connectivity index (χ4n) is 4.65. The minimum Gasteiger partial charge on any atom is -0.374 e. The zero-order valence-corrected chi connectivity index (χ0v) is 21.7. The van der Waals surface area contributed by atoms with E-state index in [9.17, 15) is 9.50 Å². The topological polar surface area (TPSA) is 128 Å². The summed E-state index contributed by atoms with van der Waals surface area (Å²) < 4.78 is 13.9. The zero-order valence-electron chi connectivity index (χ0n) is 21.7. The molecule has 39 heavy (non-hydrogen) atoms. The van der Waals surface area contributed by atoms with Crippen LogP contribution in [0.2, 0.25) is 0 Å². The molecule has 0 spiro atoms. The second-order valence-corrected chi connectivity index (χ2v) is 10.7. The minimum atomic E-state index is -0.693. The van der Waals surface area contributed by atoms with Crippen LogP contribution >= 0.6 is 0 Å². The fraction of sp³-hybridized carbons (Fsp3) is 0.207. The lowest BCUT2D eigenvalue weighted by Crippen LogP contribution is -2.25. The number of anilines is 1. The Bertz CT molecular complexity index is 1800. The van der Waals surface area contributed by atoms with Gasteiger partial charge in [0.1, 0.15) is 23.3 Å². The molecule has 1 unspecified atom stereocenters. The number of nitrogens with one attached hydrogen (secondary N) is 3. The van der Waals surface area contributed by atoms with Gasteiger partial charge in [-0.05, 0) is 47.7 Å². The highest BCUT2D eigenvalue weighted by Crippen LogP contribution is 2.32. The Kier molecular flexibility index (Phi) is 6.03. The maximum absolute atomic E-state index is 13.9. The molecule has 6 aromatic rings. The monoisotopic (exact) mass is 522 g/mol. The molecule has 10 heteroatoms. The van der Waals surface area contributed by atoms with Gasteiger partial charge in [-0.2, -0.15) is 5.10 Å². The summed E-state index contributed by atoms with van der Waals surface area (Å²) in [5, 5.41) is 21.8. The van der Waals surface area contributed by atoms with Crippen molar-refractivity contribution in [1.82, 2.24) is 35.1 Å². The van der Waals surface area contributed by atoms with E-state index in [1.807, 2.05) is 24.3 Å². The molecule has 0 aliphatic carbocycles. The number of imidazole rings is 1. The first-order chi connectivity index (χ1) is 18.7. The molecule has 4 N–H and O–H groups in total. The molecule has 196 valence electrons. The van der Waals surface area contributed by atoms with Crippen LogP contribution in [0.4, 0.5) is 10.1 Å². The number of nitrogens with zero attached hydrogens (tertiary/aromatic N) is 5. The Morgan fingerprint density at radius 3 is 2.64 bits per heavy atom. The second kappa shape index (κ2) is 9.55. The number of fused-ring (bicyclic) bond motifs is 2. The first-order valence-electron chi connectivity index (χ1n) is 12.6. The van der Waals surface area contributed by atoms with Crippen LogP contribution in [-0.2, 0) is 0 Å². The van der Waals surface area contributed by atoms with Gasteiger partial charge >= 0.3 is 0 Å². The Morgan fingerprint density at radius 1 is 0.974 bits per heavy atom. The van der Waals surface area contributed by atoms with E-state index in [1.165, 1.54) is 12.1 Å².